The van der Waals surface area contributed by atoms with Gasteiger partial charge in [-0.05, 0) is 44.4 Å². The van der Waals surface area contributed by atoms with E-state index in [1.54, 1.807) is 0 Å². The largest absolute Gasteiger partial charge is 0.348 e. The molecule has 2 fully saturated rings. The number of carbonyl (C=O) groups is 1. The lowest BCUT2D eigenvalue weighted by Crippen LogP contribution is -2.47. The van der Waals surface area contributed by atoms with Crippen molar-refractivity contribution in [2.75, 3.05) is 19.6 Å². The monoisotopic (exact) mass is 284 g/mol. The highest BCUT2D eigenvalue weighted by atomic mass is 16.1. The Hall–Kier alpha value is -1.88. The molecule has 2 aromatic rings. The van der Waals surface area contributed by atoms with Crippen LogP contribution in [0.5, 0.6) is 0 Å². The van der Waals surface area contributed by atoms with Crippen LogP contribution in [0.3, 0.4) is 0 Å². The first-order valence-electron chi connectivity index (χ1n) is 7.67. The Morgan fingerprint density at radius 2 is 2.33 bits per heavy atom. The van der Waals surface area contributed by atoms with E-state index in [9.17, 15) is 4.79 Å². The summed E-state index contributed by atoms with van der Waals surface area (Å²) in [4.78, 5) is 14.9. The number of aromatic nitrogens is 2. The van der Waals surface area contributed by atoms with E-state index in [2.05, 4.69) is 20.4 Å². The van der Waals surface area contributed by atoms with Gasteiger partial charge in [0.05, 0.1) is 5.52 Å². The van der Waals surface area contributed by atoms with Crippen LogP contribution >= 0.6 is 0 Å². The van der Waals surface area contributed by atoms with E-state index >= 15 is 0 Å². The summed E-state index contributed by atoms with van der Waals surface area (Å²) in [6, 6.07) is 6.01. The molecule has 2 aliphatic heterocycles. The van der Waals surface area contributed by atoms with Crippen molar-refractivity contribution in [3.05, 3.63) is 29.5 Å². The molecule has 21 heavy (non-hydrogen) atoms. The van der Waals surface area contributed by atoms with Crippen molar-refractivity contribution < 1.29 is 4.79 Å². The number of fused-ring (bicyclic) bond motifs is 3. The van der Waals surface area contributed by atoms with Gasteiger partial charge in [-0.25, -0.2) is 0 Å². The van der Waals surface area contributed by atoms with Crippen LogP contribution in [0.1, 0.15) is 28.9 Å². The molecule has 0 radical (unpaired) electrons. The molecule has 110 valence electrons. The van der Waals surface area contributed by atoms with E-state index in [1.165, 1.54) is 19.5 Å². The smallest absolute Gasteiger partial charge is 0.251 e. The van der Waals surface area contributed by atoms with Crippen LogP contribution in [-0.2, 0) is 0 Å². The fourth-order valence-corrected chi connectivity index (χ4v) is 3.72. The number of amides is 1. The van der Waals surface area contributed by atoms with E-state index in [4.69, 9.17) is 0 Å². The zero-order valence-corrected chi connectivity index (χ0v) is 12.2. The second-order valence-electron chi connectivity index (χ2n) is 6.40. The summed E-state index contributed by atoms with van der Waals surface area (Å²) in [6.45, 7) is 5.38. The summed E-state index contributed by atoms with van der Waals surface area (Å²) in [6.07, 6.45) is 2.40. The Balaban J connectivity index is 1.50. The highest BCUT2D eigenvalue weighted by Crippen LogP contribution is 2.27. The van der Waals surface area contributed by atoms with E-state index < -0.39 is 0 Å². The van der Waals surface area contributed by atoms with Gasteiger partial charge in [0, 0.05) is 35.8 Å². The minimum atomic E-state index is 0.0186. The van der Waals surface area contributed by atoms with Crippen LogP contribution in [0.15, 0.2) is 18.2 Å². The van der Waals surface area contributed by atoms with Crippen molar-refractivity contribution in [2.24, 2.45) is 5.92 Å². The number of H-pyrrole nitrogens is 1. The molecule has 3 atom stereocenters. The van der Waals surface area contributed by atoms with E-state index in [1.807, 2.05) is 25.1 Å². The molecule has 2 saturated heterocycles. The van der Waals surface area contributed by atoms with Crippen molar-refractivity contribution in [2.45, 2.75) is 25.8 Å². The Kier molecular flexibility index (Phi) is 2.96. The quantitative estimate of drug-likeness (QED) is 0.882. The third-order valence-electron chi connectivity index (χ3n) is 4.81. The van der Waals surface area contributed by atoms with Gasteiger partial charge in [-0.15, -0.1) is 0 Å². The van der Waals surface area contributed by atoms with Gasteiger partial charge < -0.3 is 10.2 Å². The first-order chi connectivity index (χ1) is 10.2. The SMILES string of the molecule is Cc1[nH]nc2cc(C(=O)N[C@@H]3C[C@@H]4CCN(C4)C3)ccc12. The number of piperidine rings is 1. The molecule has 1 unspecified atom stereocenters. The Morgan fingerprint density at radius 3 is 3.19 bits per heavy atom. The molecule has 0 aliphatic carbocycles. The predicted molar refractivity (Wildman–Crippen MR) is 81.2 cm³/mol. The van der Waals surface area contributed by atoms with Crippen molar-refractivity contribution in [3.63, 3.8) is 0 Å². The Labute approximate surface area is 123 Å². The summed E-state index contributed by atoms with van der Waals surface area (Å²) in [5.74, 6) is 0.783. The minimum absolute atomic E-state index is 0.0186. The fraction of sp³-hybridized carbons (Fsp3) is 0.500. The van der Waals surface area contributed by atoms with Gasteiger partial charge in [-0.3, -0.25) is 9.89 Å². The maximum atomic E-state index is 12.4. The molecular weight excluding hydrogens is 264 g/mol. The number of aryl methyl sites for hydroxylation is 1. The lowest BCUT2D eigenvalue weighted by Gasteiger charge is -2.30. The third kappa shape index (κ3) is 2.31. The molecule has 2 bridgehead atoms. The van der Waals surface area contributed by atoms with Gasteiger partial charge in [0.25, 0.3) is 5.91 Å². The molecular formula is C16H20N4O. The van der Waals surface area contributed by atoms with Gasteiger partial charge in [0.15, 0.2) is 0 Å². The van der Waals surface area contributed by atoms with Gasteiger partial charge in [-0.2, -0.15) is 5.10 Å². The Bertz CT molecular complexity index is 681. The normalized spacial score (nSPS) is 28.0. The number of aromatic amines is 1. The van der Waals surface area contributed by atoms with E-state index in [-0.39, 0.29) is 11.9 Å². The molecule has 0 saturated carbocycles. The van der Waals surface area contributed by atoms with Crippen molar-refractivity contribution in [1.29, 1.82) is 0 Å². The lowest BCUT2D eigenvalue weighted by molar-refractivity contribution is 0.0909. The number of carbonyl (C=O) groups excluding carboxylic acids is 1. The first-order valence-corrected chi connectivity index (χ1v) is 7.67. The Morgan fingerprint density at radius 1 is 1.43 bits per heavy atom. The van der Waals surface area contributed by atoms with Crippen LogP contribution in [-0.4, -0.2) is 46.7 Å². The van der Waals surface area contributed by atoms with E-state index in [0.717, 1.165) is 35.5 Å². The first kappa shape index (κ1) is 12.8. The lowest BCUT2D eigenvalue weighted by atomic mass is 9.96. The summed E-state index contributed by atoms with van der Waals surface area (Å²) in [5, 5.41) is 11.5. The molecule has 5 heteroatoms. The summed E-state index contributed by atoms with van der Waals surface area (Å²) >= 11 is 0. The van der Waals surface area contributed by atoms with Crippen molar-refractivity contribution >= 4 is 16.8 Å². The minimum Gasteiger partial charge on any atom is -0.348 e. The number of nitrogens with zero attached hydrogens (tertiary/aromatic N) is 2. The molecule has 3 heterocycles. The molecule has 4 rings (SSSR count). The molecule has 1 aromatic carbocycles. The molecule has 5 nitrogen and oxygen atoms in total. The second kappa shape index (κ2) is 4.84. The average Bonchev–Trinajstić information content (AvgIpc) is 3.02. The standard InChI is InChI=1S/C16H20N4O/c1-10-14-3-2-12(7-15(14)19-18-10)16(21)17-13-6-11-4-5-20(8-11)9-13/h2-3,7,11,13H,4-6,8-9H2,1H3,(H,17,21)(H,18,19)/t11-,13+/m0/s1. The molecule has 2 N–H and O–H groups in total. The van der Waals surface area contributed by atoms with Gasteiger partial charge in [0.1, 0.15) is 0 Å². The number of hydrogen-bond acceptors (Lipinski definition) is 3. The van der Waals surface area contributed by atoms with Crippen molar-refractivity contribution in [3.8, 4) is 0 Å². The average molecular weight is 284 g/mol. The summed E-state index contributed by atoms with van der Waals surface area (Å²) in [5.41, 5.74) is 2.59. The molecule has 2 aliphatic rings. The van der Waals surface area contributed by atoms with Crippen LogP contribution in [0.25, 0.3) is 10.9 Å². The second-order valence-corrected chi connectivity index (χ2v) is 6.40. The maximum Gasteiger partial charge on any atom is 0.251 e. The van der Waals surface area contributed by atoms with E-state index in [0.29, 0.717) is 5.56 Å². The summed E-state index contributed by atoms with van der Waals surface area (Å²) < 4.78 is 0. The van der Waals surface area contributed by atoms with Gasteiger partial charge in [-0.1, -0.05) is 6.07 Å². The summed E-state index contributed by atoms with van der Waals surface area (Å²) in [7, 11) is 0. The third-order valence-corrected chi connectivity index (χ3v) is 4.81. The van der Waals surface area contributed by atoms with Crippen LogP contribution in [0.4, 0.5) is 0 Å². The molecule has 1 amide bonds. The number of hydrogen-bond donors (Lipinski definition) is 2. The zero-order valence-electron chi connectivity index (χ0n) is 12.2. The van der Waals surface area contributed by atoms with Crippen LogP contribution in [0.2, 0.25) is 0 Å². The highest BCUT2D eigenvalue weighted by molar-refractivity contribution is 5.98. The predicted octanol–water partition coefficient (Wildman–Crippen LogP) is 1.70. The number of benzene rings is 1. The van der Waals surface area contributed by atoms with Gasteiger partial charge in [0.2, 0.25) is 0 Å². The highest BCUT2D eigenvalue weighted by Gasteiger charge is 2.32. The molecule has 0 spiro atoms. The van der Waals surface area contributed by atoms with Gasteiger partial charge >= 0.3 is 0 Å². The van der Waals surface area contributed by atoms with Crippen LogP contribution < -0.4 is 5.32 Å². The number of nitrogens with one attached hydrogen (secondary N) is 2. The zero-order chi connectivity index (χ0) is 14.4. The number of rotatable bonds is 2. The molecule has 1 aromatic heterocycles. The fourth-order valence-electron chi connectivity index (χ4n) is 3.72. The topological polar surface area (TPSA) is 61.0 Å². The van der Waals surface area contributed by atoms with Crippen molar-refractivity contribution in [1.82, 2.24) is 20.4 Å². The maximum absolute atomic E-state index is 12.4. The van der Waals surface area contributed by atoms with Crippen LogP contribution in [0, 0.1) is 12.8 Å².